The normalized spacial score (nSPS) is 18.2. The molecule has 0 aromatic heterocycles. The van der Waals surface area contributed by atoms with Crippen LogP contribution in [0, 0.1) is 0 Å². The van der Waals surface area contributed by atoms with Gasteiger partial charge in [-0.05, 0) is 26.0 Å². The maximum atomic E-state index is 13.4. The largest absolute Gasteiger partial charge is 0.289 e. The Morgan fingerprint density at radius 3 is 1.12 bits per heavy atom. The van der Waals surface area contributed by atoms with Gasteiger partial charge in [0.25, 0.3) is 0 Å². The number of benzene rings is 2. The van der Waals surface area contributed by atoms with Gasteiger partial charge in [-0.15, -0.1) is 0 Å². The second kappa shape index (κ2) is 7.49. The molecule has 5 rings (SSSR count). The molecule has 0 bridgehead atoms. The number of allylic oxidation sites excluding steroid dienone is 8. The van der Waals surface area contributed by atoms with Crippen LogP contribution in [-0.4, -0.2) is 34.7 Å². The lowest BCUT2D eigenvalue weighted by atomic mass is 9.73. The summed E-state index contributed by atoms with van der Waals surface area (Å²) in [5.74, 6) is -3.48. The zero-order valence-corrected chi connectivity index (χ0v) is 18.2. The van der Waals surface area contributed by atoms with E-state index in [1.165, 1.54) is 38.1 Å². The van der Waals surface area contributed by atoms with Crippen molar-refractivity contribution >= 4 is 34.7 Å². The fourth-order valence-corrected chi connectivity index (χ4v) is 4.46. The molecular formula is C28H16O6. The average Bonchev–Trinajstić information content (AvgIpc) is 2.85. The van der Waals surface area contributed by atoms with Crippen LogP contribution >= 0.6 is 0 Å². The standard InChI is InChI=1S/C28H16O6/c1-13-14(2)26(32)24(20-12-22(30)16-8-4-6-10-18(16)28(20)34)23(25(13)31)19-11-21(29)15-7-3-5-9-17(15)27(19)33/h3-12H,1-2H3. The first-order valence-electron chi connectivity index (χ1n) is 10.5. The Balaban J connectivity index is 1.79. The maximum Gasteiger partial charge on any atom is 0.194 e. The van der Waals surface area contributed by atoms with Gasteiger partial charge in [0, 0.05) is 55.7 Å². The molecule has 0 saturated heterocycles. The number of rotatable bonds is 2. The van der Waals surface area contributed by atoms with E-state index >= 15 is 0 Å². The van der Waals surface area contributed by atoms with E-state index in [9.17, 15) is 28.8 Å². The fourth-order valence-electron chi connectivity index (χ4n) is 4.46. The first-order valence-corrected chi connectivity index (χ1v) is 10.5. The first-order chi connectivity index (χ1) is 16.2. The lowest BCUT2D eigenvalue weighted by molar-refractivity contribution is -0.116. The third-order valence-electron chi connectivity index (χ3n) is 6.40. The van der Waals surface area contributed by atoms with Crippen molar-refractivity contribution in [1.82, 2.24) is 0 Å². The molecule has 0 radical (unpaired) electrons. The quantitative estimate of drug-likeness (QED) is 0.648. The summed E-state index contributed by atoms with van der Waals surface area (Å²) < 4.78 is 0. The van der Waals surface area contributed by atoms with Crippen molar-refractivity contribution in [1.29, 1.82) is 0 Å². The second-order valence-electron chi connectivity index (χ2n) is 8.25. The van der Waals surface area contributed by atoms with Crippen LogP contribution in [-0.2, 0) is 9.59 Å². The number of carbonyl (C=O) groups excluding carboxylic acids is 6. The van der Waals surface area contributed by atoms with Crippen LogP contribution in [0.25, 0.3) is 0 Å². The molecule has 0 unspecified atom stereocenters. The monoisotopic (exact) mass is 448 g/mol. The molecule has 6 nitrogen and oxygen atoms in total. The van der Waals surface area contributed by atoms with E-state index in [2.05, 4.69) is 0 Å². The van der Waals surface area contributed by atoms with E-state index < -0.39 is 34.7 Å². The SMILES string of the molecule is CC1=C(C)C(=O)C(C2=CC(=O)c3ccccc3C2=O)=C(C2=CC(=O)c3ccccc3C2=O)C1=O. The number of hydrogen-bond acceptors (Lipinski definition) is 6. The summed E-state index contributed by atoms with van der Waals surface area (Å²) in [4.78, 5) is 79.2. The van der Waals surface area contributed by atoms with Crippen LogP contribution in [0.4, 0.5) is 0 Å². The van der Waals surface area contributed by atoms with E-state index in [1.54, 1.807) is 24.3 Å². The van der Waals surface area contributed by atoms with Crippen LogP contribution < -0.4 is 0 Å². The first kappa shape index (κ1) is 21.3. The topological polar surface area (TPSA) is 102 Å². The van der Waals surface area contributed by atoms with Gasteiger partial charge in [-0.2, -0.15) is 0 Å². The third-order valence-corrected chi connectivity index (χ3v) is 6.40. The predicted molar refractivity (Wildman–Crippen MR) is 122 cm³/mol. The van der Waals surface area contributed by atoms with Crippen LogP contribution in [0.1, 0.15) is 55.3 Å². The molecule has 0 spiro atoms. The minimum Gasteiger partial charge on any atom is -0.289 e. The van der Waals surface area contributed by atoms with E-state index in [0.717, 1.165) is 12.2 Å². The van der Waals surface area contributed by atoms with Crippen molar-refractivity contribution < 1.29 is 28.8 Å². The van der Waals surface area contributed by atoms with Crippen molar-refractivity contribution in [3.63, 3.8) is 0 Å². The van der Waals surface area contributed by atoms with Gasteiger partial charge in [0.05, 0.1) is 0 Å². The minimum absolute atomic E-state index is 0.103. The van der Waals surface area contributed by atoms with E-state index in [1.807, 2.05) is 0 Å². The number of carbonyl (C=O) groups is 6. The molecule has 3 aliphatic rings. The Kier molecular flexibility index (Phi) is 4.69. The van der Waals surface area contributed by atoms with E-state index in [-0.39, 0.29) is 55.7 Å². The molecule has 2 aromatic rings. The molecule has 0 fully saturated rings. The zero-order chi connectivity index (χ0) is 24.3. The Morgan fingerprint density at radius 2 is 0.765 bits per heavy atom. The highest BCUT2D eigenvalue weighted by Gasteiger charge is 2.41. The molecule has 164 valence electrons. The van der Waals surface area contributed by atoms with Crippen LogP contribution in [0.3, 0.4) is 0 Å². The fraction of sp³-hybridized carbons (Fsp3) is 0.0714. The zero-order valence-electron chi connectivity index (χ0n) is 18.2. The Hall–Kier alpha value is -4.58. The van der Waals surface area contributed by atoms with E-state index in [4.69, 9.17) is 0 Å². The summed E-state index contributed by atoms with van der Waals surface area (Å²) in [7, 11) is 0. The Morgan fingerprint density at radius 1 is 0.441 bits per heavy atom. The van der Waals surface area contributed by atoms with Crippen molar-refractivity contribution in [3.8, 4) is 0 Å². The summed E-state index contributed by atoms with van der Waals surface area (Å²) in [6.07, 6.45) is 2.06. The summed E-state index contributed by atoms with van der Waals surface area (Å²) in [6, 6.07) is 12.4. The summed E-state index contributed by atoms with van der Waals surface area (Å²) >= 11 is 0. The lowest BCUT2D eigenvalue weighted by Crippen LogP contribution is -2.31. The Bertz CT molecular complexity index is 1440. The highest BCUT2D eigenvalue weighted by atomic mass is 16.2. The molecule has 0 heterocycles. The van der Waals surface area contributed by atoms with Gasteiger partial charge in [0.1, 0.15) is 0 Å². The molecule has 0 N–H and O–H groups in total. The summed E-state index contributed by atoms with van der Waals surface area (Å²) in [5, 5.41) is 0. The minimum atomic E-state index is -0.640. The molecule has 0 amide bonds. The molecular weight excluding hydrogens is 432 g/mol. The third kappa shape index (κ3) is 2.89. The van der Waals surface area contributed by atoms with Gasteiger partial charge in [0.2, 0.25) is 0 Å². The van der Waals surface area contributed by atoms with Crippen LogP contribution in [0.15, 0.2) is 94.1 Å². The van der Waals surface area contributed by atoms with Gasteiger partial charge in [0.15, 0.2) is 34.7 Å². The number of hydrogen-bond donors (Lipinski definition) is 0. The van der Waals surface area contributed by atoms with Gasteiger partial charge in [-0.1, -0.05) is 48.5 Å². The van der Waals surface area contributed by atoms with Crippen molar-refractivity contribution in [2.24, 2.45) is 0 Å². The summed E-state index contributed by atoms with van der Waals surface area (Å²) in [5.41, 5.74) is -0.369. The second-order valence-corrected chi connectivity index (χ2v) is 8.25. The molecule has 3 aliphatic carbocycles. The molecule has 0 aliphatic heterocycles. The predicted octanol–water partition coefficient (Wildman–Crippen LogP) is 3.78. The highest BCUT2D eigenvalue weighted by Crippen LogP contribution is 2.38. The number of Topliss-reactive ketones (excluding diaryl/α,β-unsaturated/α-hetero) is 4. The van der Waals surface area contributed by atoms with Crippen molar-refractivity contribution in [2.75, 3.05) is 0 Å². The van der Waals surface area contributed by atoms with Gasteiger partial charge in [-0.3, -0.25) is 28.8 Å². The van der Waals surface area contributed by atoms with Gasteiger partial charge < -0.3 is 0 Å². The van der Waals surface area contributed by atoms with Crippen molar-refractivity contribution in [2.45, 2.75) is 13.8 Å². The highest BCUT2D eigenvalue weighted by molar-refractivity contribution is 6.39. The Labute approximate surface area is 194 Å². The van der Waals surface area contributed by atoms with E-state index in [0.29, 0.717) is 0 Å². The molecule has 6 heteroatoms. The van der Waals surface area contributed by atoms with Gasteiger partial charge in [-0.25, -0.2) is 0 Å². The van der Waals surface area contributed by atoms with Crippen LogP contribution in [0.2, 0.25) is 0 Å². The average molecular weight is 448 g/mol. The number of fused-ring (bicyclic) bond motifs is 2. The van der Waals surface area contributed by atoms with Crippen LogP contribution in [0.5, 0.6) is 0 Å². The van der Waals surface area contributed by atoms with Gasteiger partial charge >= 0.3 is 0 Å². The lowest BCUT2D eigenvalue weighted by Gasteiger charge is -2.26. The smallest absolute Gasteiger partial charge is 0.194 e. The molecule has 0 atom stereocenters. The summed E-state index contributed by atoms with van der Waals surface area (Å²) in [6.45, 7) is 2.90. The maximum absolute atomic E-state index is 13.4. The molecule has 34 heavy (non-hydrogen) atoms. The number of ketones is 6. The van der Waals surface area contributed by atoms with Crippen molar-refractivity contribution in [3.05, 3.63) is 116 Å². The molecule has 2 aromatic carbocycles. The molecule has 0 saturated carbocycles.